The molecule has 1 unspecified atom stereocenters. The molecule has 1 heterocycles. The van der Waals surface area contributed by atoms with Crippen LogP contribution in [0.4, 0.5) is 4.39 Å². The first kappa shape index (κ1) is 24.4. The summed E-state index contributed by atoms with van der Waals surface area (Å²) in [7, 11) is -3.55. The SMILES string of the molecule is Cc1ccc(S(=O)(=O)N2CCCN(CC(=O)NC(c3ccc(F)cc3)C(C)C)CC2)cc1. The van der Waals surface area contributed by atoms with Gasteiger partial charge < -0.3 is 5.32 Å². The van der Waals surface area contributed by atoms with Crippen molar-refractivity contribution in [1.82, 2.24) is 14.5 Å². The molecule has 2 aromatic carbocycles. The molecule has 8 heteroatoms. The van der Waals surface area contributed by atoms with Gasteiger partial charge in [0.1, 0.15) is 5.82 Å². The molecule has 3 rings (SSSR count). The second-order valence-corrected chi connectivity index (χ2v) is 10.6. The third-order valence-corrected chi connectivity index (χ3v) is 7.70. The number of sulfonamides is 1. The van der Waals surface area contributed by atoms with Crippen LogP contribution in [0, 0.1) is 18.7 Å². The van der Waals surface area contributed by atoms with Gasteiger partial charge in [-0.1, -0.05) is 43.7 Å². The van der Waals surface area contributed by atoms with Crippen LogP contribution in [0.1, 0.15) is 37.4 Å². The van der Waals surface area contributed by atoms with E-state index in [4.69, 9.17) is 0 Å². The number of hydrogen-bond acceptors (Lipinski definition) is 4. The molecule has 1 aliphatic rings. The molecule has 1 N–H and O–H groups in total. The average molecular weight is 462 g/mol. The fourth-order valence-electron chi connectivity index (χ4n) is 3.93. The Labute approximate surface area is 190 Å². The van der Waals surface area contributed by atoms with Gasteiger partial charge in [-0.05, 0) is 55.6 Å². The number of carbonyl (C=O) groups excluding carboxylic acids is 1. The number of nitrogens with zero attached hydrogens (tertiary/aromatic N) is 2. The first-order valence-corrected chi connectivity index (χ1v) is 12.4. The summed E-state index contributed by atoms with van der Waals surface area (Å²) in [5, 5.41) is 3.06. The largest absolute Gasteiger partial charge is 0.348 e. The van der Waals surface area contributed by atoms with Crippen molar-refractivity contribution in [3.05, 3.63) is 65.5 Å². The van der Waals surface area contributed by atoms with E-state index < -0.39 is 10.0 Å². The van der Waals surface area contributed by atoms with Crippen LogP contribution in [0.5, 0.6) is 0 Å². The molecule has 6 nitrogen and oxygen atoms in total. The minimum Gasteiger partial charge on any atom is -0.348 e. The number of halogens is 1. The lowest BCUT2D eigenvalue weighted by atomic mass is 9.96. The number of carbonyl (C=O) groups is 1. The van der Waals surface area contributed by atoms with Crippen molar-refractivity contribution in [2.75, 3.05) is 32.7 Å². The number of nitrogens with one attached hydrogen (secondary N) is 1. The van der Waals surface area contributed by atoms with E-state index in [-0.39, 0.29) is 30.2 Å². The van der Waals surface area contributed by atoms with E-state index in [1.54, 1.807) is 36.4 Å². The molecule has 0 saturated carbocycles. The first-order valence-electron chi connectivity index (χ1n) is 11.0. The van der Waals surface area contributed by atoms with Crippen molar-refractivity contribution in [2.24, 2.45) is 5.92 Å². The number of benzene rings is 2. The Kier molecular flexibility index (Phi) is 8.03. The number of hydrogen-bond donors (Lipinski definition) is 1. The summed E-state index contributed by atoms with van der Waals surface area (Å²) < 4.78 is 40.7. The molecule has 1 amide bonds. The minimum atomic E-state index is -3.55. The van der Waals surface area contributed by atoms with Crippen LogP contribution < -0.4 is 5.32 Å². The lowest BCUT2D eigenvalue weighted by molar-refractivity contribution is -0.123. The van der Waals surface area contributed by atoms with Crippen LogP contribution >= 0.6 is 0 Å². The van der Waals surface area contributed by atoms with Gasteiger partial charge in [0.2, 0.25) is 15.9 Å². The first-order chi connectivity index (χ1) is 15.2. The quantitative estimate of drug-likeness (QED) is 0.687. The highest BCUT2D eigenvalue weighted by molar-refractivity contribution is 7.89. The molecule has 0 bridgehead atoms. The third kappa shape index (κ3) is 6.15. The maximum absolute atomic E-state index is 13.3. The van der Waals surface area contributed by atoms with Gasteiger partial charge in [0, 0.05) is 19.6 Å². The average Bonchev–Trinajstić information content (AvgIpc) is 2.99. The molecule has 1 saturated heterocycles. The van der Waals surface area contributed by atoms with Gasteiger partial charge in [0.15, 0.2) is 0 Å². The van der Waals surface area contributed by atoms with Gasteiger partial charge in [-0.15, -0.1) is 0 Å². The van der Waals surface area contributed by atoms with Gasteiger partial charge in [0.05, 0.1) is 17.5 Å². The number of rotatable bonds is 7. The van der Waals surface area contributed by atoms with E-state index in [1.807, 2.05) is 25.7 Å². The van der Waals surface area contributed by atoms with Crippen LogP contribution in [-0.2, 0) is 14.8 Å². The second kappa shape index (κ2) is 10.6. The Bertz CT molecular complexity index is 1010. The molecule has 1 aliphatic heterocycles. The lowest BCUT2D eigenvalue weighted by Crippen LogP contribution is -2.42. The summed E-state index contributed by atoms with van der Waals surface area (Å²) in [6.45, 7) is 8.04. The highest BCUT2D eigenvalue weighted by Gasteiger charge is 2.28. The molecule has 1 atom stereocenters. The maximum Gasteiger partial charge on any atom is 0.243 e. The summed E-state index contributed by atoms with van der Waals surface area (Å²) in [6, 6.07) is 12.9. The van der Waals surface area contributed by atoms with Crippen molar-refractivity contribution in [1.29, 1.82) is 0 Å². The number of amides is 1. The van der Waals surface area contributed by atoms with Crippen LogP contribution in [-0.4, -0.2) is 56.3 Å². The second-order valence-electron chi connectivity index (χ2n) is 8.69. The zero-order valence-electron chi connectivity index (χ0n) is 18.9. The molecule has 2 aromatic rings. The van der Waals surface area contributed by atoms with Gasteiger partial charge in [-0.2, -0.15) is 4.31 Å². The fraction of sp³-hybridized carbons (Fsp3) is 0.458. The third-order valence-electron chi connectivity index (χ3n) is 5.79. The van der Waals surface area contributed by atoms with E-state index in [0.29, 0.717) is 37.5 Å². The van der Waals surface area contributed by atoms with Gasteiger partial charge >= 0.3 is 0 Å². The van der Waals surface area contributed by atoms with Crippen molar-refractivity contribution in [3.63, 3.8) is 0 Å². The standard InChI is InChI=1S/C24H32FN3O3S/c1-18(2)24(20-7-9-21(25)10-8-20)26-23(29)17-27-13-4-14-28(16-15-27)32(30,31)22-11-5-19(3)6-12-22/h5-12,18,24H,4,13-17H2,1-3H3,(H,26,29). The highest BCUT2D eigenvalue weighted by Crippen LogP contribution is 2.22. The Hall–Kier alpha value is -2.29. The minimum absolute atomic E-state index is 0.122. The topological polar surface area (TPSA) is 69.7 Å². The van der Waals surface area contributed by atoms with Crippen LogP contribution in [0.15, 0.2) is 53.4 Å². The van der Waals surface area contributed by atoms with E-state index in [2.05, 4.69) is 5.32 Å². The Balaban J connectivity index is 1.59. The summed E-state index contributed by atoms with van der Waals surface area (Å²) in [4.78, 5) is 15.0. The number of aryl methyl sites for hydroxylation is 1. The summed E-state index contributed by atoms with van der Waals surface area (Å²) in [6.07, 6.45) is 0.657. The smallest absolute Gasteiger partial charge is 0.243 e. The summed E-state index contributed by atoms with van der Waals surface area (Å²) in [5.74, 6) is -0.288. The van der Waals surface area contributed by atoms with Crippen LogP contribution in [0.3, 0.4) is 0 Å². The molecule has 32 heavy (non-hydrogen) atoms. The molecular formula is C24H32FN3O3S. The molecular weight excluding hydrogens is 429 g/mol. The Morgan fingerprint density at radius 2 is 1.66 bits per heavy atom. The van der Waals surface area contributed by atoms with Crippen molar-refractivity contribution in [2.45, 2.75) is 38.1 Å². The van der Waals surface area contributed by atoms with E-state index in [9.17, 15) is 17.6 Å². The molecule has 174 valence electrons. The molecule has 0 aliphatic carbocycles. The summed E-state index contributed by atoms with van der Waals surface area (Å²) in [5.41, 5.74) is 1.87. The van der Waals surface area contributed by atoms with Crippen molar-refractivity contribution < 1.29 is 17.6 Å². The van der Waals surface area contributed by atoms with E-state index in [0.717, 1.165) is 11.1 Å². The van der Waals surface area contributed by atoms with Gasteiger partial charge in [0.25, 0.3) is 0 Å². The Morgan fingerprint density at radius 3 is 2.28 bits per heavy atom. The molecule has 0 spiro atoms. The molecule has 0 aromatic heterocycles. The molecule has 1 fully saturated rings. The Morgan fingerprint density at radius 1 is 1.00 bits per heavy atom. The predicted octanol–water partition coefficient (Wildman–Crippen LogP) is 3.34. The van der Waals surface area contributed by atoms with Crippen LogP contribution in [0.2, 0.25) is 0 Å². The fourth-order valence-corrected chi connectivity index (χ4v) is 5.40. The zero-order valence-corrected chi connectivity index (χ0v) is 19.7. The van der Waals surface area contributed by atoms with Crippen molar-refractivity contribution >= 4 is 15.9 Å². The lowest BCUT2D eigenvalue weighted by Gasteiger charge is -2.26. The zero-order chi connectivity index (χ0) is 23.3. The van der Waals surface area contributed by atoms with Gasteiger partial charge in [-0.25, -0.2) is 12.8 Å². The highest BCUT2D eigenvalue weighted by atomic mass is 32.2. The van der Waals surface area contributed by atoms with Gasteiger partial charge in [-0.3, -0.25) is 9.69 Å². The van der Waals surface area contributed by atoms with Crippen molar-refractivity contribution in [3.8, 4) is 0 Å². The predicted molar refractivity (Wildman–Crippen MR) is 123 cm³/mol. The van der Waals surface area contributed by atoms with Crippen LogP contribution in [0.25, 0.3) is 0 Å². The normalized spacial score (nSPS) is 17.2. The monoisotopic (exact) mass is 461 g/mol. The molecule has 0 radical (unpaired) electrons. The van der Waals surface area contributed by atoms with E-state index in [1.165, 1.54) is 16.4 Å². The maximum atomic E-state index is 13.3. The summed E-state index contributed by atoms with van der Waals surface area (Å²) >= 11 is 0. The van der Waals surface area contributed by atoms with E-state index >= 15 is 0 Å².